The van der Waals surface area contributed by atoms with Gasteiger partial charge in [0.05, 0.1) is 26.2 Å². The van der Waals surface area contributed by atoms with Crippen molar-refractivity contribution in [1.29, 1.82) is 0 Å². The number of hydrogen-bond acceptors (Lipinski definition) is 6. The van der Waals surface area contributed by atoms with Crippen molar-refractivity contribution >= 4 is 39.2 Å². The fourth-order valence-electron chi connectivity index (χ4n) is 5.34. The highest BCUT2D eigenvalue weighted by molar-refractivity contribution is 7.13. The van der Waals surface area contributed by atoms with E-state index in [2.05, 4.69) is 4.98 Å². The van der Waals surface area contributed by atoms with E-state index in [4.69, 9.17) is 9.47 Å². The Morgan fingerprint density at radius 2 is 1.81 bits per heavy atom. The van der Waals surface area contributed by atoms with E-state index in [1.807, 2.05) is 41.5 Å². The van der Waals surface area contributed by atoms with Crippen LogP contribution in [0.15, 0.2) is 54.0 Å². The van der Waals surface area contributed by atoms with Crippen LogP contribution in [-0.4, -0.2) is 41.6 Å². The molecule has 37 heavy (non-hydrogen) atoms. The van der Waals surface area contributed by atoms with Crippen LogP contribution in [0.3, 0.4) is 0 Å². The number of rotatable bonds is 7. The molecular weight excluding hydrogens is 486 g/mol. The first-order valence-electron chi connectivity index (χ1n) is 12.6. The molecule has 1 saturated carbocycles. The summed E-state index contributed by atoms with van der Waals surface area (Å²) in [5.41, 5.74) is 2.83. The summed E-state index contributed by atoms with van der Waals surface area (Å²) in [6.07, 6.45) is 7.31. The maximum Gasteiger partial charge on any atom is 0.262 e. The minimum atomic E-state index is -0.172. The number of fused-ring (bicyclic) bond motifs is 1. The van der Waals surface area contributed by atoms with E-state index in [0.717, 1.165) is 53.0 Å². The second-order valence-corrected chi connectivity index (χ2v) is 10.2. The molecule has 192 valence electrons. The SMILES string of the molecule is COc1cccc(C(=O)n2c(C)c(CC(=O)N(c3nccs3)C3CCCCC3)c3cc(OC)ccc32)c1. The van der Waals surface area contributed by atoms with E-state index in [0.29, 0.717) is 17.1 Å². The molecule has 4 aromatic rings. The normalized spacial score (nSPS) is 14.0. The van der Waals surface area contributed by atoms with Gasteiger partial charge in [-0.1, -0.05) is 25.3 Å². The Hall–Kier alpha value is -3.65. The van der Waals surface area contributed by atoms with Gasteiger partial charge in [-0.25, -0.2) is 4.98 Å². The van der Waals surface area contributed by atoms with Gasteiger partial charge in [-0.3, -0.25) is 19.1 Å². The number of carbonyl (C=O) groups is 2. The quantitative estimate of drug-likeness (QED) is 0.300. The van der Waals surface area contributed by atoms with Crippen LogP contribution in [-0.2, 0) is 11.2 Å². The van der Waals surface area contributed by atoms with Gasteiger partial charge in [-0.05, 0) is 61.7 Å². The number of benzene rings is 2. The molecule has 1 amide bonds. The third-order valence-electron chi connectivity index (χ3n) is 7.22. The summed E-state index contributed by atoms with van der Waals surface area (Å²) < 4.78 is 12.5. The number of hydrogen-bond donors (Lipinski definition) is 0. The predicted octanol–water partition coefficient (Wildman–Crippen LogP) is 6.02. The summed E-state index contributed by atoms with van der Waals surface area (Å²) in [5.74, 6) is 1.12. The molecule has 1 aliphatic carbocycles. The molecule has 2 aromatic carbocycles. The van der Waals surface area contributed by atoms with E-state index < -0.39 is 0 Å². The Bertz CT molecular complexity index is 1420. The maximum atomic E-state index is 13.9. The Labute approximate surface area is 220 Å². The molecule has 0 aliphatic heterocycles. The summed E-state index contributed by atoms with van der Waals surface area (Å²) >= 11 is 1.49. The highest BCUT2D eigenvalue weighted by atomic mass is 32.1. The predicted molar refractivity (Wildman–Crippen MR) is 146 cm³/mol. The molecule has 0 atom stereocenters. The third-order valence-corrected chi connectivity index (χ3v) is 7.99. The number of ether oxygens (including phenoxy) is 2. The molecule has 0 unspecified atom stereocenters. The van der Waals surface area contributed by atoms with E-state index in [-0.39, 0.29) is 24.3 Å². The second-order valence-electron chi connectivity index (χ2n) is 9.37. The first-order valence-corrected chi connectivity index (χ1v) is 13.5. The number of thiazole rings is 1. The zero-order valence-corrected chi connectivity index (χ0v) is 22.2. The van der Waals surface area contributed by atoms with Crippen molar-refractivity contribution in [2.24, 2.45) is 0 Å². The minimum Gasteiger partial charge on any atom is -0.497 e. The van der Waals surface area contributed by atoms with Crippen LogP contribution in [0, 0.1) is 6.92 Å². The number of carbonyl (C=O) groups excluding carboxylic acids is 2. The number of aromatic nitrogens is 2. The van der Waals surface area contributed by atoms with Crippen LogP contribution in [0.5, 0.6) is 11.5 Å². The highest BCUT2D eigenvalue weighted by Gasteiger charge is 2.30. The molecular formula is C29H31N3O4S. The molecule has 7 nitrogen and oxygen atoms in total. The molecule has 0 N–H and O–H groups in total. The average Bonchev–Trinajstić information content (AvgIpc) is 3.55. The van der Waals surface area contributed by atoms with Gasteiger partial charge in [-0.15, -0.1) is 11.3 Å². The largest absolute Gasteiger partial charge is 0.497 e. The number of anilines is 1. The topological polar surface area (TPSA) is 73.7 Å². The average molecular weight is 518 g/mol. The van der Waals surface area contributed by atoms with Gasteiger partial charge < -0.3 is 9.47 Å². The Morgan fingerprint density at radius 3 is 2.51 bits per heavy atom. The first-order chi connectivity index (χ1) is 18.0. The summed E-state index contributed by atoms with van der Waals surface area (Å²) in [4.78, 5) is 34.1. The van der Waals surface area contributed by atoms with Crippen LogP contribution in [0.4, 0.5) is 5.13 Å². The van der Waals surface area contributed by atoms with Gasteiger partial charge in [0, 0.05) is 34.3 Å². The Morgan fingerprint density at radius 1 is 1.05 bits per heavy atom. The van der Waals surface area contributed by atoms with Crippen molar-refractivity contribution in [1.82, 2.24) is 9.55 Å². The molecule has 0 saturated heterocycles. The number of amides is 1. The molecule has 1 fully saturated rings. The number of nitrogens with zero attached hydrogens (tertiary/aromatic N) is 3. The van der Waals surface area contributed by atoms with Gasteiger partial charge in [0.2, 0.25) is 5.91 Å². The van der Waals surface area contributed by atoms with Crippen molar-refractivity contribution < 1.29 is 19.1 Å². The van der Waals surface area contributed by atoms with E-state index in [1.165, 1.54) is 17.8 Å². The fourth-order valence-corrected chi connectivity index (χ4v) is 6.07. The first kappa shape index (κ1) is 25.0. The van der Waals surface area contributed by atoms with E-state index >= 15 is 0 Å². The fraction of sp³-hybridized carbons (Fsp3) is 0.345. The van der Waals surface area contributed by atoms with Crippen molar-refractivity contribution in [3.05, 3.63) is 70.9 Å². The molecule has 1 aliphatic rings. The van der Waals surface area contributed by atoms with Crippen LogP contribution in [0.25, 0.3) is 10.9 Å². The van der Waals surface area contributed by atoms with Gasteiger partial charge in [-0.2, -0.15) is 0 Å². The Kier molecular flexibility index (Phi) is 7.28. The molecule has 0 radical (unpaired) electrons. The monoisotopic (exact) mass is 517 g/mol. The Balaban J connectivity index is 1.58. The lowest BCUT2D eigenvalue weighted by atomic mass is 9.94. The molecule has 0 spiro atoms. The van der Waals surface area contributed by atoms with Crippen LogP contribution in [0.2, 0.25) is 0 Å². The van der Waals surface area contributed by atoms with Crippen molar-refractivity contribution in [3.63, 3.8) is 0 Å². The zero-order valence-electron chi connectivity index (χ0n) is 21.4. The van der Waals surface area contributed by atoms with Crippen molar-refractivity contribution in [2.75, 3.05) is 19.1 Å². The van der Waals surface area contributed by atoms with Gasteiger partial charge in [0.15, 0.2) is 5.13 Å². The van der Waals surface area contributed by atoms with Crippen LogP contribution in [0.1, 0.15) is 53.7 Å². The summed E-state index contributed by atoms with van der Waals surface area (Å²) in [6, 6.07) is 12.9. The van der Waals surface area contributed by atoms with E-state index in [9.17, 15) is 9.59 Å². The zero-order chi connectivity index (χ0) is 25.9. The summed E-state index contributed by atoms with van der Waals surface area (Å²) in [6.45, 7) is 1.90. The van der Waals surface area contributed by atoms with E-state index in [1.54, 1.807) is 43.2 Å². The highest BCUT2D eigenvalue weighted by Crippen LogP contribution is 2.34. The van der Waals surface area contributed by atoms with Gasteiger partial charge >= 0.3 is 0 Å². The lowest BCUT2D eigenvalue weighted by molar-refractivity contribution is -0.118. The molecule has 5 rings (SSSR count). The lowest BCUT2D eigenvalue weighted by Gasteiger charge is -2.32. The standard InChI is InChI=1S/C29H31N3O4S/c1-19-24(18-27(33)32(29-30-14-15-37-29)21-9-5-4-6-10-21)25-17-23(36-3)12-13-26(25)31(19)28(34)20-8-7-11-22(16-20)35-2/h7-8,11-17,21H,4-6,9-10,18H2,1-3H3. The number of methoxy groups -OCH3 is 2. The molecule has 0 bridgehead atoms. The molecule has 2 aromatic heterocycles. The summed E-state index contributed by atoms with van der Waals surface area (Å²) in [5, 5.41) is 3.49. The van der Waals surface area contributed by atoms with Gasteiger partial charge in [0.25, 0.3) is 5.91 Å². The van der Waals surface area contributed by atoms with Crippen LogP contribution < -0.4 is 14.4 Å². The third kappa shape index (κ3) is 4.85. The van der Waals surface area contributed by atoms with Crippen LogP contribution >= 0.6 is 11.3 Å². The molecule has 2 heterocycles. The lowest BCUT2D eigenvalue weighted by Crippen LogP contribution is -2.42. The molecule has 8 heteroatoms. The maximum absolute atomic E-state index is 13.9. The summed E-state index contributed by atoms with van der Waals surface area (Å²) in [7, 11) is 3.20. The van der Waals surface area contributed by atoms with Crippen molar-refractivity contribution in [2.45, 2.75) is 51.5 Å². The van der Waals surface area contributed by atoms with Crippen molar-refractivity contribution in [3.8, 4) is 11.5 Å². The minimum absolute atomic E-state index is 0.000601. The van der Waals surface area contributed by atoms with Gasteiger partial charge in [0.1, 0.15) is 11.5 Å². The smallest absolute Gasteiger partial charge is 0.262 e. The second kappa shape index (κ2) is 10.8.